The van der Waals surface area contributed by atoms with Crippen LogP contribution in [-0.4, -0.2) is 7.05 Å². The Morgan fingerprint density at radius 2 is 1.06 bits per heavy atom. The first-order chi connectivity index (χ1) is 33.6. The summed E-state index contributed by atoms with van der Waals surface area (Å²) in [5.41, 5.74) is 17.6. The quantitative estimate of drug-likeness (QED) is 0.133. The highest BCUT2D eigenvalue weighted by molar-refractivity contribution is 6.08. The smallest absolute Gasteiger partial charge is 0.0540 e. The normalized spacial score (nSPS) is 14.3. The third-order valence-corrected chi connectivity index (χ3v) is 13.4. The molecular weight excluding hydrogens is 821 g/mol. The minimum Gasteiger partial charge on any atom is -0.344 e. The monoisotopic (exact) mass is 872 g/mol. The first-order valence-corrected chi connectivity index (χ1v) is 23.7. The molecule has 0 saturated carbocycles. The van der Waals surface area contributed by atoms with Crippen molar-refractivity contribution in [1.29, 1.82) is 0 Å². The Kier molecular flexibility index (Phi) is 11.7. The summed E-state index contributed by atoms with van der Waals surface area (Å²) in [6.07, 6.45) is 14.3. The summed E-state index contributed by atoms with van der Waals surface area (Å²) >= 11 is 0. The Balaban J connectivity index is 0.985. The van der Waals surface area contributed by atoms with Gasteiger partial charge in [-0.05, 0) is 133 Å². The highest BCUT2D eigenvalue weighted by atomic mass is 15.1. The number of hydrogen-bond acceptors (Lipinski definition) is 2. The molecule has 0 aliphatic heterocycles. The number of anilines is 5. The van der Waals surface area contributed by atoms with Gasteiger partial charge in [-0.2, -0.15) is 0 Å². The Morgan fingerprint density at radius 1 is 0.397 bits per heavy atom. The molecule has 0 aromatic heterocycles. The third-order valence-electron chi connectivity index (χ3n) is 13.4. The predicted molar refractivity (Wildman–Crippen MR) is 293 cm³/mol. The van der Waals surface area contributed by atoms with Crippen LogP contribution in [-0.2, 0) is 6.42 Å². The number of fused-ring (bicyclic) bond motifs is 4. The van der Waals surface area contributed by atoms with Crippen molar-refractivity contribution in [3.8, 4) is 44.5 Å². The first-order valence-electron chi connectivity index (χ1n) is 23.7. The largest absolute Gasteiger partial charge is 0.344 e. The van der Waals surface area contributed by atoms with Crippen molar-refractivity contribution in [2.75, 3.05) is 16.8 Å². The number of benzene rings is 10. The van der Waals surface area contributed by atoms with Crippen LogP contribution in [0.3, 0.4) is 0 Å². The third kappa shape index (κ3) is 8.45. The minimum atomic E-state index is 0.366. The Labute approximate surface area is 400 Å². The molecule has 0 N–H and O–H groups in total. The topological polar surface area (TPSA) is 6.48 Å². The van der Waals surface area contributed by atoms with Gasteiger partial charge in [0.25, 0.3) is 0 Å². The molecule has 0 bridgehead atoms. The van der Waals surface area contributed by atoms with Crippen molar-refractivity contribution in [2.24, 2.45) is 5.92 Å². The molecule has 0 amide bonds. The van der Waals surface area contributed by atoms with Crippen molar-refractivity contribution < 1.29 is 0 Å². The number of allylic oxidation sites excluding steroid dienone is 5. The fraction of sp³-hybridized carbons (Fsp3) is 0.0606. The maximum atomic E-state index is 2.42. The summed E-state index contributed by atoms with van der Waals surface area (Å²) in [6, 6.07) is 82.1. The standard InChI is InChI=1S/C66H52N2/c1-47-18-5-3-6-19-48-34-36-53(44-52(48)33-32-47)49-38-40-56(41-39-49)68(66-31-16-13-27-62(66)50-20-7-4-8-21-50)58-24-17-23-54(46-58)60-26-11-12-28-63(60)64-29-14-15-30-65(64)67(2)57-42-43-61-55(45-57)37-35-51-22-9-10-25-59(51)61/h3-18,20-47H,19H2,1-2H3/b6-3-,18-5-,33-32?. The van der Waals surface area contributed by atoms with E-state index in [1.54, 1.807) is 0 Å². The van der Waals surface area contributed by atoms with Crippen LogP contribution in [0.4, 0.5) is 28.4 Å². The average molecular weight is 873 g/mol. The van der Waals surface area contributed by atoms with Crippen LogP contribution in [0.15, 0.2) is 255 Å². The van der Waals surface area contributed by atoms with Crippen molar-refractivity contribution in [3.05, 3.63) is 266 Å². The van der Waals surface area contributed by atoms with E-state index in [1.807, 2.05) is 0 Å². The Morgan fingerprint density at radius 3 is 1.91 bits per heavy atom. The molecule has 1 atom stereocenters. The second-order valence-electron chi connectivity index (χ2n) is 17.8. The molecule has 0 heterocycles. The van der Waals surface area contributed by atoms with Gasteiger partial charge in [0.15, 0.2) is 0 Å². The van der Waals surface area contributed by atoms with Gasteiger partial charge < -0.3 is 9.80 Å². The fourth-order valence-electron chi connectivity index (χ4n) is 9.83. The molecule has 68 heavy (non-hydrogen) atoms. The van der Waals surface area contributed by atoms with Gasteiger partial charge in [-0.3, -0.25) is 0 Å². The fourth-order valence-corrected chi connectivity index (χ4v) is 9.83. The van der Waals surface area contributed by atoms with Gasteiger partial charge >= 0.3 is 0 Å². The lowest BCUT2D eigenvalue weighted by Crippen LogP contribution is -2.11. The molecule has 10 aromatic rings. The molecule has 0 saturated heterocycles. The maximum Gasteiger partial charge on any atom is 0.0540 e. The zero-order chi connectivity index (χ0) is 45.8. The summed E-state index contributed by atoms with van der Waals surface area (Å²) in [7, 11) is 2.18. The van der Waals surface area contributed by atoms with Crippen molar-refractivity contribution in [3.63, 3.8) is 0 Å². The van der Waals surface area contributed by atoms with Crippen LogP contribution in [0.5, 0.6) is 0 Å². The van der Waals surface area contributed by atoms with Gasteiger partial charge in [0.05, 0.1) is 5.69 Å². The predicted octanol–water partition coefficient (Wildman–Crippen LogP) is 18.2. The van der Waals surface area contributed by atoms with Gasteiger partial charge in [0.1, 0.15) is 0 Å². The lowest BCUT2D eigenvalue weighted by Gasteiger charge is -2.29. The molecule has 11 rings (SSSR count). The van der Waals surface area contributed by atoms with Gasteiger partial charge in [-0.1, -0.05) is 213 Å². The molecule has 2 heteroatoms. The van der Waals surface area contributed by atoms with Crippen LogP contribution in [0, 0.1) is 5.92 Å². The van der Waals surface area contributed by atoms with Gasteiger partial charge in [0.2, 0.25) is 0 Å². The summed E-state index contributed by atoms with van der Waals surface area (Å²) < 4.78 is 0. The van der Waals surface area contributed by atoms with E-state index < -0.39 is 0 Å². The molecule has 326 valence electrons. The number of nitrogens with zero attached hydrogens (tertiary/aromatic N) is 2. The van der Waals surface area contributed by atoms with E-state index >= 15 is 0 Å². The van der Waals surface area contributed by atoms with Crippen LogP contribution in [0.1, 0.15) is 18.1 Å². The van der Waals surface area contributed by atoms with E-state index in [-0.39, 0.29) is 0 Å². The molecule has 0 fully saturated rings. The average Bonchev–Trinajstić information content (AvgIpc) is 3.40. The van der Waals surface area contributed by atoms with Gasteiger partial charge in [-0.15, -0.1) is 0 Å². The molecule has 1 aliphatic carbocycles. The van der Waals surface area contributed by atoms with Crippen LogP contribution in [0.25, 0.3) is 72.1 Å². The zero-order valence-electron chi connectivity index (χ0n) is 38.5. The minimum absolute atomic E-state index is 0.366. The molecule has 0 spiro atoms. The molecule has 1 aliphatic rings. The van der Waals surface area contributed by atoms with Crippen LogP contribution < -0.4 is 9.80 Å². The van der Waals surface area contributed by atoms with E-state index in [0.29, 0.717) is 5.92 Å². The van der Waals surface area contributed by atoms with Crippen molar-refractivity contribution in [1.82, 2.24) is 0 Å². The number of hydrogen-bond donors (Lipinski definition) is 0. The van der Waals surface area contributed by atoms with Gasteiger partial charge in [0, 0.05) is 40.9 Å². The highest BCUT2D eigenvalue weighted by Gasteiger charge is 2.20. The van der Waals surface area contributed by atoms with Crippen LogP contribution >= 0.6 is 0 Å². The number of para-hydroxylation sites is 2. The molecule has 0 radical (unpaired) electrons. The number of rotatable bonds is 9. The summed E-state index contributed by atoms with van der Waals surface area (Å²) in [4.78, 5) is 4.74. The first kappa shape index (κ1) is 42.2. The summed E-state index contributed by atoms with van der Waals surface area (Å²) in [6.45, 7) is 2.23. The highest BCUT2D eigenvalue weighted by Crippen LogP contribution is 2.45. The molecule has 10 aromatic carbocycles. The van der Waals surface area contributed by atoms with E-state index in [2.05, 4.69) is 285 Å². The zero-order valence-corrected chi connectivity index (χ0v) is 38.5. The van der Waals surface area contributed by atoms with Crippen LogP contribution in [0.2, 0.25) is 0 Å². The lowest BCUT2D eigenvalue weighted by atomic mass is 9.92. The lowest BCUT2D eigenvalue weighted by molar-refractivity contribution is 0.945. The Hall–Kier alpha value is -8.46. The van der Waals surface area contributed by atoms with Crippen molar-refractivity contribution in [2.45, 2.75) is 13.3 Å². The molecular formula is C66H52N2. The van der Waals surface area contributed by atoms with E-state index in [9.17, 15) is 0 Å². The second-order valence-corrected chi connectivity index (χ2v) is 17.8. The van der Waals surface area contributed by atoms with E-state index in [4.69, 9.17) is 0 Å². The maximum absolute atomic E-state index is 2.42. The second kappa shape index (κ2) is 18.8. The van der Waals surface area contributed by atoms with E-state index in [0.717, 1.165) is 40.4 Å². The Bertz CT molecular complexity index is 3520. The molecule has 2 nitrogen and oxygen atoms in total. The SMILES string of the molecule is CC1C=Cc2cc(-c3ccc(N(c4cccc(-c5ccccc5-c5ccccc5N(C)c5ccc6c(ccc7ccccc76)c5)c4)c4ccccc4-c4ccccc4)cc3)ccc2C/C=C\C=C/1. The summed E-state index contributed by atoms with van der Waals surface area (Å²) in [5.74, 6) is 0.366. The van der Waals surface area contributed by atoms with E-state index in [1.165, 1.54) is 71.6 Å². The summed E-state index contributed by atoms with van der Waals surface area (Å²) in [5, 5.41) is 5.04. The molecule has 1 unspecified atom stereocenters. The van der Waals surface area contributed by atoms with Gasteiger partial charge in [-0.25, -0.2) is 0 Å². The van der Waals surface area contributed by atoms with Crippen molar-refractivity contribution >= 4 is 56.1 Å².